The number of carbonyl (C=O) groups is 1. The maximum atomic E-state index is 12.5. The Morgan fingerprint density at radius 1 is 1.15 bits per heavy atom. The van der Waals surface area contributed by atoms with Gasteiger partial charge in [-0.1, -0.05) is 30.3 Å². The van der Waals surface area contributed by atoms with Gasteiger partial charge in [0, 0.05) is 16.6 Å². The lowest BCUT2D eigenvalue weighted by atomic mass is 10.1. The molecule has 0 fully saturated rings. The molecule has 26 heavy (non-hydrogen) atoms. The maximum Gasteiger partial charge on any atom is 0.238 e. The number of rotatable bonds is 5. The molecule has 0 radical (unpaired) electrons. The van der Waals surface area contributed by atoms with E-state index < -0.39 is 10.0 Å². The number of sulfonamides is 1. The van der Waals surface area contributed by atoms with E-state index in [1.807, 2.05) is 38.1 Å². The van der Waals surface area contributed by atoms with Crippen LogP contribution in [0.25, 0.3) is 10.9 Å². The topological polar surface area (TPSA) is 105 Å². The van der Waals surface area contributed by atoms with E-state index >= 15 is 0 Å². The number of hydrogen-bond donors (Lipinski definition) is 3. The van der Waals surface area contributed by atoms with E-state index in [9.17, 15) is 13.2 Å². The largest absolute Gasteiger partial charge is 0.358 e. The van der Waals surface area contributed by atoms with Gasteiger partial charge < -0.3 is 10.3 Å². The summed E-state index contributed by atoms with van der Waals surface area (Å²) in [6, 6.07) is 13.8. The summed E-state index contributed by atoms with van der Waals surface area (Å²) in [5.74, 6) is -0.0964. The number of fused-ring (bicyclic) bond motifs is 1. The van der Waals surface area contributed by atoms with E-state index in [-0.39, 0.29) is 23.3 Å². The molecule has 0 saturated heterocycles. The molecule has 2 aromatic carbocycles. The lowest BCUT2D eigenvalue weighted by molar-refractivity contribution is -0.121. The lowest BCUT2D eigenvalue weighted by Gasteiger charge is -2.15. The first kappa shape index (κ1) is 18.2. The van der Waals surface area contributed by atoms with Crippen LogP contribution in [0.2, 0.25) is 0 Å². The smallest absolute Gasteiger partial charge is 0.238 e. The van der Waals surface area contributed by atoms with Crippen molar-refractivity contribution < 1.29 is 13.2 Å². The van der Waals surface area contributed by atoms with E-state index in [1.165, 1.54) is 12.1 Å². The molecule has 0 bridgehead atoms. The number of hydrogen-bond acceptors (Lipinski definition) is 3. The summed E-state index contributed by atoms with van der Waals surface area (Å²) < 4.78 is 22.6. The zero-order valence-corrected chi connectivity index (χ0v) is 15.4. The van der Waals surface area contributed by atoms with Gasteiger partial charge in [-0.25, -0.2) is 13.6 Å². The van der Waals surface area contributed by atoms with Crippen LogP contribution < -0.4 is 10.5 Å². The number of nitrogens with two attached hydrogens (primary N) is 1. The zero-order chi connectivity index (χ0) is 18.9. The van der Waals surface area contributed by atoms with Crippen LogP contribution in [-0.4, -0.2) is 19.3 Å². The highest BCUT2D eigenvalue weighted by atomic mass is 32.2. The number of aromatic nitrogens is 1. The summed E-state index contributed by atoms with van der Waals surface area (Å²) in [7, 11) is -3.72. The van der Waals surface area contributed by atoms with Crippen molar-refractivity contribution in [3.05, 3.63) is 65.4 Å². The first-order chi connectivity index (χ1) is 12.3. The molecule has 7 heteroatoms. The quantitative estimate of drug-likeness (QED) is 0.642. The van der Waals surface area contributed by atoms with Crippen molar-refractivity contribution in [2.45, 2.75) is 31.2 Å². The molecular formula is C19H21N3O3S. The van der Waals surface area contributed by atoms with Crippen LogP contribution in [0.15, 0.2) is 53.4 Å². The Labute approximate surface area is 152 Å². The molecule has 1 atom stereocenters. The summed E-state index contributed by atoms with van der Waals surface area (Å²) in [5.41, 5.74) is 3.78. The fraction of sp³-hybridized carbons (Fsp3) is 0.211. The van der Waals surface area contributed by atoms with Gasteiger partial charge in [0.25, 0.3) is 0 Å². The normalized spacial score (nSPS) is 12.9. The van der Waals surface area contributed by atoms with Crippen LogP contribution in [0.3, 0.4) is 0 Å². The predicted octanol–water partition coefficient (Wildman–Crippen LogP) is 2.54. The van der Waals surface area contributed by atoms with Crippen molar-refractivity contribution in [3.8, 4) is 0 Å². The number of aryl methyl sites for hydroxylation is 1. The fourth-order valence-electron chi connectivity index (χ4n) is 3.05. The first-order valence-electron chi connectivity index (χ1n) is 8.24. The second-order valence-corrected chi connectivity index (χ2v) is 7.92. The molecule has 3 rings (SSSR count). The molecular weight excluding hydrogens is 350 g/mol. The third-order valence-corrected chi connectivity index (χ3v) is 5.38. The minimum Gasteiger partial charge on any atom is -0.358 e. The number of carbonyl (C=O) groups excluding carboxylic acids is 1. The second-order valence-electron chi connectivity index (χ2n) is 6.35. The van der Waals surface area contributed by atoms with Gasteiger partial charge in [-0.05, 0) is 43.2 Å². The predicted molar refractivity (Wildman–Crippen MR) is 101 cm³/mol. The maximum absolute atomic E-state index is 12.5. The second kappa shape index (κ2) is 6.93. The molecule has 0 aliphatic rings. The van der Waals surface area contributed by atoms with Crippen molar-refractivity contribution in [3.63, 3.8) is 0 Å². The Morgan fingerprint density at radius 3 is 2.46 bits per heavy atom. The van der Waals surface area contributed by atoms with Crippen LogP contribution in [0.4, 0.5) is 0 Å². The van der Waals surface area contributed by atoms with Crippen LogP contribution in [-0.2, 0) is 21.2 Å². The van der Waals surface area contributed by atoms with Gasteiger partial charge in [-0.3, -0.25) is 4.79 Å². The monoisotopic (exact) mass is 371 g/mol. The van der Waals surface area contributed by atoms with Gasteiger partial charge in [0.15, 0.2) is 0 Å². The number of amides is 1. The van der Waals surface area contributed by atoms with E-state index in [0.29, 0.717) is 0 Å². The van der Waals surface area contributed by atoms with E-state index in [4.69, 9.17) is 5.14 Å². The molecule has 6 nitrogen and oxygen atoms in total. The molecule has 136 valence electrons. The third-order valence-electron chi connectivity index (χ3n) is 4.45. The summed E-state index contributed by atoms with van der Waals surface area (Å²) >= 11 is 0. The summed E-state index contributed by atoms with van der Waals surface area (Å²) in [6.45, 7) is 3.81. The minimum absolute atomic E-state index is 0.0502. The van der Waals surface area contributed by atoms with Crippen molar-refractivity contribution in [2.75, 3.05) is 0 Å². The number of H-pyrrole nitrogens is 1. The Bertz CT molecular complexity index is 1050. The average Bonchev–Trinajstić information content (AvgIpc) is 2.90. The van der Waals surface area contributed by atoms with Gasteiger partial charge in [0.1, 0.15) is 0 Å². The Morgan fingerprint density at radius 2 is 1.81 bits per heavy atom. The molecule has 1 unspecified atom stereocenters. The van der Waals surface area contributed by atoms with Gasteiger partial charge in [-0.15, -0.1) is 0 Å². The molecule has 0 aliphatic heterocycles. The fourth-order valence-corrected chi connectivity index (χ4v) is 3.56. The molecule has 1 aromatic heterocycles. The number of para-hydroxylation sites is 1. The molecule has 1 heterocycles. The lowest BCUT2D eigenvalue weighted by Crippen LogP contribution is -2.28. The number of nitrogens with one attached hydrogen (secondary N) is 2. The van der Waals surface area contributed by atoms with E-state index in [2.05, 4.69) is 10.3 Å². The molecule has 3 aromatic rings. The Balaban J connectivity index is 1.72. The van der Waals surface area contributed by atoms with Crippen molar-refractivity contribution in [1.82, 2.24) is 10.3 Å². The highest BCUT2D eigenvalue weighted by molar-refractivity contribution is 7.89. The van der Waals surface area contributed by atoms with Crippen LogP contribution >= 0.6 is 0 Å². The summed E-state index contributed by atoms with van der Waals surface area (Å²) in [5, 5.41) is 9.10. The summed E-state index contributed by atoms with van der Waals surface area (Å²) in [6.07, 6.45) is 0.273. The molecule has 4 N–H and O–H groups in total. The van der Waals surface area contributed by atoms with Crippen LogP contribution in [0.5, 0.6) is 0 Å². The highest BCUT2D eigenvalue weighted by Gasteiger charge is 2.15. The molecule has 0 aliphatic carbocycles. The van der Waals surface area contributed by atoms with Gasteiger partial charge in [0.05, 0.1) is 17.4 Å². The van der Waals surface area contributed by atoms with Crippen molar-refractivity contribution in [2.24, 2.45) is 5.14 Å². The minimum atomic E-state index is -3.72. The van der Waals surface area contributed by atoms with Gasteiger partial charge in [-0.2, -0.15) is 0 Å². The molecule has 1 amide bonds. The molecule has 0 saturated carbocycles. The number of benzene rings is 2. The average molecular weight is 371 g/mol. The third kappa shape index (κ3) is 3.79. The standard InChI is InChI=1S/C19H21N3O3S/c1-12(14-7-9-15(10-8-14)26(20,24)25)22-19(23)11-17-13(2)21-18-6-4-3-5-16(17)18/h3-10,12,21H,11H2,1-2H3,(H,22,23)(H2,20,24,25). The highest BCUT2D eigenvalue weighted by Crippen LogP contribution is 2.23. The number of primary sulfonamides is 1. The van der Waals surface area contributed by atoms with Gasteiger partial charge in [0.2, 0.25) is 15.9 Å². The van der Waals surface area contributed by atoms with Crippen LogP contribution in [0, 0.1) is 6.92 Å². The van der Waals surface area contributed by atoms with Crippen molar-refractivity contribution in [1.29, 1.82) is 0 Å². The zero-order valence-electron chi connectivity index (χ0n) is 14.6. The number of aromatic amines is 1. The van der Waals surface area contributed by atoms with Gasteiger partial charge >= 0.3 is 0 Å². The summed E-state index contributed by atoms with van der Waals surface area (Å²) in [4.78, 5) is 15.8. The SMILES string of the molecule is Cc1[nH]c2ccccc2c1CC(=O)NC(C)c1ccc(S(N)(=O)=O)cc1. The first-order valence-corrected chi connectivity index (χ1v) is 9.78. The van der Waals surface area contributed by atoms with E-state index in [0.717, 1.165) is 27.7 Å². The Hall–Kier alpha value is -2.64. The van der Waals surface area contributed by atoms with Crippen LogP contribution in [0.1, 0.15) is 29.8 Å². The van der Waals surface area contributed by atoms with Crippen molar-refractivity contribution >= 4 is 26.8 Å². The van der Waals surface area contributed by atoms with E-state index in [1.54, 1.807) is 12.1 Å². The Kier molecular flexibility index (Phi) is 4.84. The molecule has 0 spiro atoms.